The van der Waals surface area contributed by atoms with E-state index in [4.69, 9.17) is 4.74 Å². The van der Waals surface area contributed by atoms with Gasteiger partial charge in [-0.25, -0.2) is 0 Å². The van der Waals surface area contributed by atoms with Gasteiger partial charge in [-0.15, -0.1) is 12.4 Å². The average Bonchev–Trinajstić information content (AvgIpc) is 3.11. The summed E-state index contributed by atoms with van der Waals surface area (Å²) in [6.45, 7) is 18.8. The molecule has 2 aliphatic rings. The maximum absolute atomic E-state index is 6.68. The van der Waals surface area contributed by atoms with Crippen molar-refractivity contribution in [3.8, 4) is 5.75 Å². The van der Waals surface area contributed by atoms with Crippen molar-refractivity contribution < 1.29 is 4.74 Å². The van der Waals surface area contributed by atoms with Crippen LogP contribution in [0.4, 0.5) is 5.69 Å². The third-order valence-corrected chi connectivity index (χ3v) is 7.96. The van der Waals surface area contributed by atoms with Gasteiger partial charge in [0.25, 0.3) is 0 Å². The number of halogens is 1. The SMILES string of the molecule is Cc1ccc(C2c3c(C)c(N4CCN(Cc5ccccc5)CC4)c(C)c(C)c3OC2(C)C)cc1.Cl. The van der Waals surface area contributed by atoms with E-state index in [2.05, 4.69) is 106 Å². The lowest BCUT2D eigenvalue weighted by Crippen LogP contribution is -2.46. The maximum Gasteiger partial charge on any atom is 0.127 e. The lowest BCUT2D eigenvalue weighted by molar-refractivity contribution is 0.121. The number of rotatable bonds is 4. The Morgan fingerprint density at radius 2 is 1.43 bits per heavy atom. The summed E-state index contributed by atoms with van der Waals surface area (Å²) in [5.41, 5.74) is 10.6. The van der Waals surface area contributed by atoms with Gasteiger partial charge >= 0.3 is 0 Å². The Bertz CT molecular complexity index is 1180. The number of ether oxygens (including phenoxy) is 1. The fourth-order valence-corrected chi connectivity index (χ4v) is 6.05. The molecule has 0 aliphatic carbocycles. The van der Waals surface area contributed by atoms with Crippen molar-refractivity contribution in [3.63, 3.8) is 0 Å². The predicted octanol–water partition coefficient (Wildman–Crippen LogP) is 6.97. The number of hydrogen-bond acceptors (Lipinski definition) is 3. The van der Waals surface area contributed by atoms with Crippen LogP contribution in [0.2, 0.25) is 0 Å². The second kappa shape index (κ2) is 9.87. The summed E-state index contributed by atoms with van der Waals surface area (Å²) < 4.78 is 6.68. The maximum atomic E-state index is 6.68. The molecule has 0 spiro atoms. The van der Waals surface area contributed by atoms with E-state index < -0.39 is 0 Å². The molecule has 1 fully saturated rings. The van der Waals surface area contributed by atoms with Gasteiger partial charge in [0, 0.05) is 44.0 Å². The molecule has 1 unspecified atom stereocenters. The van der Waals surface area contributed by atoms with Crippen molar-refractivity contribution in [2.75, 3.05) is 31.1 Å². The number of fused-ring (bicyclic) bond motifs is 1. The first-order valence-corrected chi connectivity index (χ1v) is 12.7. The summed E-state index contributed by atoms with van der Waals surface area (Å²) in [6, 6.07) is 19.9. The van der Waals surface area contributed by atoms with E-state index in [0.29, 0.717) is 0 Å². The summed E-state index contributed by atoms with van der Waals surface area (Å²) in [4.78, 5) is 5.20. The van der Waals surface area contributed by atoms with Gasteiger partial charge in [-0.3, -0.25) is 4.90 Å². The van der Waals surface area contributed by atoms with E-state index >= 15 is 0 Å². The van der Waals surface area contributed by atoms with E-state index in [-0.39, 0.29) is 23.9 Å². The standard InChI is InChI=1S/C31H38N2O.ClH/c1-21-12-14-26(15-13-21)28-27-24(4)29(22(2)23(3)30(27)34-31(28,5)6)33-18-16-32(17-19-33)20-25-10-8-7-9-11-25;/h7-15,28H,16-20H2,1-6H3;1H. The highest BCUT2D eigenvalue weighted by Crippen LogP contribution is 2.54. The molecule has 0 bridgehead atoms. The van der Waals surface area contributed by atoms with Crippen molar-refractivity contribution in [1.29, 1.82) is 0 Å². The Morgan fingerprint density at radius 1 is 0.800 bits per heavy atom. The molecule has 0 amide bonds. The first kappa shape index (κ1) is 25.6. The van der Waals surface area contributed by atoms with Gasteiger partial charge in [0.15, 0.2) is 0 Å². The molecule has 0 radical (unpaired) electrons. The highest BCUT2D eigenvalue weighted by Gasteiger charge is 2.45. The van der Waals surface area contributed by atoms with Crippen LogP contribution in [-0.2, 0) is 6.54 Å². The van der Waals surface area contributed by atoms with Crippen LogP contribution < -0.4 is 9.64 Å². The third-order valence-electron chi connectivity index (χ3n) is 7.96. The molecule has 0 aromatic heterocycles. The van der Waals surface area contributed by atoms with Crippen molar-refractivity contribution in [2.24, 2.45) is 0 Å². The highest BCUT2D eigenvalue weighted by molar-refractivity contribution is 5.85. The van der Waals surface area contributed by atoms with Crippen LogP contribution >= 0.6 is 12.4 Å². The van der Waals surface area contributed by atoms with Crippen molar-refractivity contribution >= 4 is 18.1 Å². The zero-order chi connectivity index (χ0) is 24.0. The van der Waals surface area contributed by atoms with E-state index in [0.717, 1.165) is 38.5 Å². The van der Waals surface area contributed by atoms with Gasteiger partial charge in [0.1, 0.15) is 11.4 Å². The summed E-state index contributed by atoms with van der Waals surface area (Å²) >= 11 is 0. The molecule has 4 heteroatoms. The smallest absolute Gasteiger partial charge is 0.127 e. The van der Waals surface area contributed by atoms with Crippen LogP contribution in [0.25, 0.3) is 0 Å². The van der Waals surface area contributed by atoms with Crippen LogP contribution in [0, 0.1) is 27.7 Å². The van der Waals surface area contributed by atoms with Gasteiger partial charge < -0.3 is 9.64 Å². The van der Waals surface area contributed by atoms with Crippen LogP contribution in [0.5, 0.6) is 5.75 Å². The molecule has 3 nitrogen and oxygen atoms in total. The van der Waals surface area contributed by atoms with Crippen LogP contribution in [-0.4, -0.2) is 36.7 Å². The molecule has 35 heavy (non-hydrogen) atoms. The molecular weight excluding hydrogens is 452 g/mol. The van der Waals surface area contributed by atoms with Gasteiger partial charge in [-0.2, -0.15) is 0 Å². The second-order valence-corrected chi connectivity index (χ2v) is 10.8. The van der Waals surface area contributed by atoms with Crippen molar-refractivity contribution in [1.82, 2.24) is 4.90 Å². The molecule has 2 aliphatic heterocycles. The minimum atomic E-state index is -0.271. The minimum Gasteiger partial charge on any atom is -0.486 e. The number of nitrogens with zero attached hydrogens (tertiary/aromatic N) is 2. The van der Waals surface area contributed by atoms with E-state index in [1.165, 1.54) is 44.6 Å². The van der Waals surface area contributed by atoms with Gasteiger partial charge in [0.05, 0.1) is 5.92 Å². The Balaban J connectivity index is 0.00000289. The summed E-state index contributed by atoms with van der Waals surface area (Å²) in [6.07, 6.45) is 0. The Morgan fingerprint density at radius 3 is 2.06 bits per heavy atom. The molecule has 1 saturated heterocycles. The lowest BCUT2D eigenvalue weighted by Gasteiger charge is -2.38. The molecule has 2 heterocycles. The lowest BCUT2D eigenvalue weighted by atomic mass is 9.78. The fourth-order valence-electron chi connectivity index (χ4n) is 6.05. The normalized spacial score (nSPS) is 19.1. The Labute approximate surface area is 217 Å². The zero-order valence-corrected chi connectivity index (χ0v) is 22.8. The van der Waals surface area contributed by atoms with Gasteiger partial charge in [0.2, 0.25) is 0 Å². The van der Waals surface area contributed by atoms with Crippen LogP contribution in [0.3, 0.4) is 0 Å². The second-order valence-electron chi connectivity index (χ2n) is 10.8. The van der Waals surface area contributed by atoms with Crippen LogP contribution in [0.15, 0.2) is 54.6 Å². The van der Waals surface area contributed by atoms with Crippen LogP contribution in [0.1, 0.15) is 58.7 Å². The van der Waals surface area contributed by atoms with E-state index in [1.54, 1.807) is 0 Å². The average molecular weight is 491 g/mol. The largest absolute Gasteiger partial charge is 0.486 e. The van der Waals surface area contributed by atoms with E-state index in [1.807, 2.05) is 0 Å². The quantitative estimate of drug-likeness (QED) is 0.393. The van der Waals surface area contributed by atoms with Crippen molar-refractivity contribution in [3.05, 3.63) is 93.5 Å². The topological polar surface area (TPSA) is 15.7 Å². The molecule has 5 rings (SSSR count). The van der Waals surface area contributed by atoms with Gasteiger partial charge in [-0.05, 0) is 69.4 Å². The fraction of sp³-hybridized carbons (Fsp3) is 0.419. The molecule has 0 N–H and O–H groups in total. The molecular formula is C31H39ClN2O. The minimum absolute atomic E-state index is 0. The number of piperazine rings is 1. The summed E-state index contributed by atoms with van der Waals surface area (Å²) in [5.74, 6) is 1.34. The predicted molar refractivity (Wildman–Crippen MR) is 150 cm³/mol. The van der Waals surface area contributed by atoms with Crippen molar-refractivity contribution in [2.45, 2.75) is 59.6 Å². The molecule has 3 aromatic carbocycles. The first-order chi connectivity index (χ1) is 16.3. The monoisotopic (exact) mass is 490 g/mol. The molecule has 186 valence electrons. The molecule has 1 atom stereocenters. The van der Waals surface area contributed by atoms with E-state index in [9.17, 15) is 0 Å². The number of aryl methyl sites for hydroxylation is 1. The van der Waals surface area contributed by atoms with Gasteiger partial charge in [-0.1, -0.05) is 60.2 Å². The molecule has 0 saturated carbocycles. The zero-order valence-electron chi connectivity index (χ0n) is 22.0. The summed E-state index contributed by atoms with van der Waals surface area (Å²) in [5, 5.41) is 0. The number of benzene rings is 3. The first-order valence-electron chi connectivity index (χ1n) is 12.7. The Kier molecular flexibility index (Phi) is 7.22. The molecule has 3 aromatic rings. The highest BCUT2D eigenvalue weighted by atomic mass is 35.5. The third kappa shape index (κ3) is 4.69. The number of anilines is 1. The summed E-state index contributed by atoms with van der Waals surface area (Å²) in [7, 11) is 0. The number of hydrogen-bond donors (Lipinski definition) is 0. The Hall–Kier alpha value is -2.49.